The van der Waals surface area contributed by atoms with Crippen molar-refractivity contribution in [2.75, 3.05) is 0 Å². The van der Waals surface area contributed by atoms with Crippen LogP contribution in [0.3, 0.4) is 0 Å². The molecule has 4 aromatic rings. The van der Waals surface area contributed by atoms with Crippen LogP contribution in [-0.2, 0) is 7.05 Å². The zero-order valence-corrected chi connectivity index (χ0v) is 19.1. The second-order valence-electron chi connectivity index (χ2n) is 9.26. The Morgan fingerprint density at radius 1 is 0.935 bits per heavy atom. The lowest BCUT2D eigenvalue weighted by Gasteiger charge is -2.15. The maximum atomic E-state index is 5.03. The largest absolute Gasteiger partial charge is 0.256 e. The molecule has 1 aliphatic carbocycles. The van der Waals surface area contributed by atoms with Crippen LogP contribution in [-0.4, -0.2) is 4.98 Å². The van der Waals surface area contributed by atoms with Crippen molar-refractivity contribution in [1.82, 2.24) is 4.98 Å². The van der Waals surface area contributed by atoms with E-state index in [-0.39, 0.29) is 0 Å². The molecule has 2 heterocycles. The van der Waals surface area contributed by atoms with Crippen molar-refractivity contribution < 1.29 is 4.57 Å². The number of benzene rings is 2. The Morgan fingerprint density at radius 2 is 1.71 bits per heavy atom. The minimum Gasteiger partial charge on any atom is -0.256 e. The predicted octanol–water partition coefficient (Wildman–Crippen LogP) is 6.98. The van der Waals surface area contributed by atoms with Crippen LogP contribution in [0.15, 0.2) is 60.9 Å². The summed E-state index contributed by atoms with van der Waals surface area (Å²) < 4.78 is 2.28. The summed E-state index contributed by atoms with van der Waals surface area (Å²) in [5.41, 5.74) is 10.2. The highest BCUT2D eigenvalue weighted by atomic mass is 14.9. The van der Waals surface area contributed by atoms with Crippen LogP contribution < -0.4 is 4.57 Å². The highest BCUT2D eigenvalue weighted by molar-refractivity contribution is 6.00. The molecule has 0 unspecified atom stereocenters. The Labute approximate surface area is 185 Å². The minimum absolute atomic E-state index is 0.686. The topological polar surface area (TPSA) is 16.8 Å². The van der Waals surface area contributed by atoms with Crippen molar-refractivity contribution in [2.24, 2.45) is 7.05 Å². The molecule has 0 atom stereocenters. The fraction of sp³-hybridized carbons (Fsp3) is 0.310. The van der Waals surface area contributed by atoms with Crippen LogP contribution in [0.5, 0.6) is 0 Å². The van der Waals surface area contributed by atoms with Gasteiger partial charge in [-0.25, -0.2) is 0 Å². The van der Waals surface area contributed by atoms with Gasteiger partial charge in [-0.2, -0.15) is 4.57 Å². The van der Waals surface area contributed by atoms with Gasteiger partial charge >= 0.3 is 0 Å². The van der Waals surface area contributed by atoms with Gasteiger partial charge in [0, 0.05) is 17.0 Å². The monoisotopic (exact) mass is 407 g/mol. The highest BCUT2D eigenvalue weighted by Crippen LogP contribution is 2.38. The average molecular weight is 408 g/mol. The zero-order chi connectivity index (χ0) is 21.5. The van der Waals surface area contributed by atoms with Gasteiger partial charge in [0.25, 0.3) is 0 Å². The smallest absolute Gasteiger partial charge is 0.222 e. The highest BCUT2D eigenvalue weighted by Gasteiger charge is 2.25. The van der Waals surface area contributed by atoms with Crippen molar-refractivity contribution in [3.05, 3.63) is 83.2 Å². The van der Waals surface area contributed by atoms with E-state index in [1.54, 1.807) is 0 Å². The molecular formula is C29H31N2+. The second-order valence-corrected chi connectivity index (χ2v) is 9.26. The molecule has 0 bridgehead atoms. The molecule has 1 saturated carbocycles. The zero-order valence-electron chi connectivity index (χ0n) is 19.1. The third-order valence-electron chi connectivity index (χ3n) is 7.09. The van der Waals surface area contributed by atoms with Crippen LogP contribution in [0, 0.1) is 20.8 Å². The number of aryl methyl sites for hydroxylation is 3. The number of aromatic nitrogens is 2. The van der Waals surface area contributed by atoms with Crippen LogP contribution in [0.4, 0.5) is 0 Å². The number of hydrogen-bond acceptors (Lipinski definition) is 1. The quantitative estimate of drug-likeness (QED) is 0.335. The first-order valence-electron chi connectivity index (χ1n) is 11.5. The SMILES string of the molecule is Cc1cc(C)c(C)c(-c2c(-c3ccc(C4CCCC4)cn3)c3ccccc3c[n+]2C)c1. The first kappa shape index (κ1) is 19.9. The standard InChI is InChI=1S/C29H31N2/c1-19-15-20(2)21(3)26(16-19)29-28(25-12-8-7-11-24(25)18-31(29)4)27-14-13-23(17-30-27)22-9-5-6-10-22/h7-8,11-18,22H,5-6,9-10H2,1-4H3/q+1. The summed E-state index contributed by atoms with van der Waals surface area (Å²) in [6, 6.07) is 17.8. The number of nitrogens with zero attached hydrogens (tertiary/aromatic N) is 2. The molecule has 0 aliphatic heterocycles. The van der Waals surface area contributed by atoms with Gasteiger partial charge in [0.1, 0.15) is 7.05 Å². The van der Waals surface area contributed by atoms with Gasteiger partial charge in [0.15, 0.2) is 6.20 Å². The van der Waals surface area contributed by atoms with E-state index in [0.29, 0.717) is 5.92 Å². The fourth-order valence-corrected chi connectivity index (χ4v) is 5.34. The average Bonchev–Trinajstić information content (AvgIpc) is 3.31. The molecule has 1 fully saturated rings. The van der Waals surface area contributed by atoms with Crippen LogP contribution >= 0.6 is 0 Å². The molecule has 0 spiro atoms. The molecule has 2 aromatic carbocycles. The molecule has 5 rings (SSSR count). The van der Waals surface area contributed by atoms with Crippen molar-refractivity contribution in [2.45, 2.75) is 52.4 Å². The van der Waals surface area contributed by atoms with Gasteiger partial charge in [0.2, 0.25) is 5.69 Å². The van der Waals surface area contributed by atoms with E-state index in [1.807, 2.05) is 0 Å². The normalized spacial score (nSPS) is 14.5. The van der Waals surface area contributed by atoms with E-state index in [2.05, 4.69) is 93.3 Å². The number of rotatable bonds is 3. The molecule has 2 aromatic heterocycles. The summed E-state index contributed by atoms with van der Waals surface area (Å²) in [4.78, 5) is 5.03. The summed E-state index contributed by atoms with van der Waals surface area (Å²) in [7, 11) is 2.16. The summed E-state index contributed by atoms with van der Waals surface area (Å²) >= 11 is 0. The first-order chi connectivity index (χ1) is 15.0. The minimum atomic E-state index is 0.686. The third-order valence-corrected chi connectivity index (χ3v) is 7.09. The number of hydrogen-bond donors (Lipinski definition) is 0. The van der Waals surface area contributed by atoms with E-state index in [4.69, 9.17) is 4.98 Å². The molecule has 0 amide bonds. The molecule has 0 radical (unpaired) electrons. The Bertz CT molecular complexity index is 1260. The lowest BCUT2D eigenvalue weighted by atomic mass is 9.91. The van der Waals surface area contributed by atoms with Crippen molar-refractivity contribution in [1.29, 1.82) is 0 Å². The maximum absolute atomic E-state index is 5.03. The Morgan fingerprint density at radius 3 is 2.45 bits per heavy atom. The Kier molecular flexibility index (Phi) is 5.09. The van der Waals surface area contributed by atoms with E-state index in [1.165, 1.54) is 75.5 Å². The van der Waals surface area contributed by atoms with Crippen molar-refractivity contribution in [3.8, 4) is 22.5 Å². The van der Waals surface area contributed by atoms with Crippen LogP contribution in [0.25, 0.3) is 33.3 Å². The molecule has 31 heavy (non-hydrogen) atoms. The molecule has 0 N–H and O–H groups in total. The second kappa shape index (κ2) is 7.92. The molecule has 2 heteroatoms. The van der Waals surface area contributed by atoms with Gasteiger partial charge in [-0.3, -0.25) is 4.98 Å². The molecule has 2 nitrogen and oxygen atoms in total. The Hall–Kier alpha value is -3.00. The van der Waals surface area contributed by atoms with Gasteiger partial charge in [-0.15, -0.1) is 0 Å². The van der Waals surface area contributed by atoms with Crippen LogP contribution in [0.1, 0.15) is 53.9 Å². The van der Waals surface area contributed by atoms with Crippen LogP contribution in [0.2, 0.25) is 0 Å². The van der Waals surface area contributed by atoms with Gasteiger partial charge in [-0.05, 0) is 74.4 Å². The predicted molar refractivity (Wildman–Crippen MR) is 129 cm³/mol. The molecule has 156 valence electrons. The van der Waals surface area contributed by atoms with Gasteiger partial charge in [0.05, 0.1) is 16.8 Å². The molecule has 0 saturated heterocycles. The Balaban J connectivity index is 1.78. The summed E-state index contributed by atoms with van der Waals surface area (Å²) in [5.74, 6) is 0.686. The van der Waals surface area contributed by atoms with E-state index in [9.17, 15) is 0 Å². The third kappa shape index (κ3) is 3.54. The van der Waals surface area contributed by atoms with Gasteiger partial charge in [-0.1, -0.05) is 48.7 Å². The lowest BCUT2D eigenvalue weighted by Crippen LogP contribution is -2.32. The van der Waals surface area contributed by atoms with E-state index >= 15 is 0 Å². The summed E-state index contributed by atoms with van der Waals surface area (Å²) in [5, 5.41) is 2.50. The first-order valence-corrected chi connectivity index (χ1v) is 11.5. The summed E-state index contributed by atoms with van der Waals surface area (Å²) in [6.45, 7) is 6.63. The number of fused-ring (bicyclic) bond motifs is 1. The van der Waals surface area contributed by atoms with Crippen molar-refractivity contribution >= 4 is 10.8 Å². The molecular weight excluding hydrogens is 376 g/mol. The van der Waals surface area contributed by atoms with E-state index < -0.39 is 0 Å². The van der Waals surface area contributed by atoms with Gasteiger partial charge < -0.3 is 0 Å². The van der Waals surface area contributed by atoms with Crippen molar-refractivity contribution in [3.63, 3.8) is 0 Å². The molecule has 1 aliphatic rings. The lowest BCUT2D eigenvalue weighted by molar-refractivity contribution is -0.658. The fourth-order valence-electron chi connectivity index (χ4n) is 5.34. The number of pyridine rings is 2. The summed E-state index contributed by atoms with van der Waals surface area (Å²) in [6.07, 6.45) is 9.68. The maximum Gasteiger partial charge on any atom is 0.222 e. The van der Waals surface area contributed by atoms with E-state index in [0.717, 1.165) is 5.69 Å².